The molecule has 1 aliphatic heterocycles. The number of nitrogens with zero attached hydrogens (tertiary/aromatic N) is 4. The van der Waals surface area contributed by atoms with Crippen LogP contribution in [0.25, 0.3) is 27.9 Å². The Morgan fingerprint density at radius 1 is 0.902 bits per heavy atom. The molecule has 5 aromatic rings. The molecule has 11 nitrogen and oxygen atoms in total. The maximum atomic E-state index is 12.9. The second-order valence-corrected chi connectivity index (χ2v) is 9.36. The van der Waals surface area contributed by atoms with Crippen molar-refractivity contribution in [2.75, 3.05) is 24.2 Å². The summed E-state index contributed by atoms with van der Waals surface area (Å²) in [6.45, 7) is 1.81. The average Bonchev–Trinajstić information content (AvgIpc) is 3.39. The van der Waals surface area contributed by atoms with Crippen molar-refractivity contribution in [3.05, 3.63) is 89.5 Å². The van der Waals surface area contributed by atoms with Crippen LogP contribution >= 0.6 is 0 Å². The summed E-state index contributed by atoms with van der Waals surface area (Å²) in [5.74, 6) is -1.73. The van der Waals surface area contributed by atoms with E-state index in [1.54, 1.807) is 66.1 Å². The summed E-state index contributed by atoms with van der Waals surface area (Å²) in [4.78, 5) is 61.4. The van der Waals surface area contributed by atoms with E-state index in [-0.39, 0.29) is 36.9 Å². The Hall–Kier alpha value is -5.58. The molecule has 0 aliphatic carbocycles. The minimum atomic E-state index is -0.615. The molecule has 11 heteroatoms. The molecule has 0 fully saturated rings. The normalized spacial score (nSPS) is 12.7. The van der Waals surface area contributed by atoms with Gasteiger partial charge in [0, 0.05) is 18.7 Å². The highest BCUT2D eigenvalue weighted by Crippen LogP contribution is 2.32. The van der Waals surface area contributed by atoms with E-state index in [0.717, 1.165) is 4.90 Å². The molecule has 3 heterocycles. The average molecular weight is 549 g/mol. The maximum Gasteiger partial charge on any atom is 0.344 e. The lowest BCUT2D eigenvalue weighted by Gasteiger charge is -2.14. The zero-order valence-corrected chi connectivity index (χ0v) is 22.0. The van der Waals surface area contributed by atoms with E-state index in [4.69, 9.17) is 15.5 Å². The number of para-hydroxylation sites is 2. The number of carbonyl (C=O) groups is 4. The number of carbonyl (C=O) groups excluding carboxylic acids is 4. The van der Waals surface area contributed by atoms with Crippen molar-refractivity contribution in [2.24, 2.45) is 0 Å². The van der Waals surface area contributed by atoms with Crippen molar-refractivity contribution in [1.82, 2.24) is 19.4 Å². The lowest BCUT2D eigenvalue weighted by atomic mass is 10.1. The van der Waals surface area contributed by atoms with Crippen LogP contribution in [-0.4, -0.2) is 56.3 Å². The minimum Gasteiger partial charge on any atom is -0.462 e. The Morgan fingerprint density at radius 3 is 2.24 bits per heavy atom. The standard InChI is InChI=1S/C30H24N6O5/c1-2-41-30(40)24-25-27(34-22-13-6-5-12-21(22)33-25)36(26(24)31)18-9-7-8-17(16-18)32-23(37)14-15-35-28(38)19-10-3-4-11-20(19)29(35)39/h3-13,16H,2,14-15,31H2,1H3,(H,32,37). The van der Waals surface area contributed by atoms with Gasteiger partial charge in [-0.25, -0.2) is 14.8 Å². The van der Waals surface area contributed by atoms with Gasteiger partial charge in [-0.05, 0) is 49.4 Å². The molecular weight excluding hydrogens is 524 g/mol. The number of ether oxygens (including phenoxy) is 1. The number of benzene rings is 3. The van der Waals surface area contributed by atoms with Crippen LogP contribution in [0, 0.1) is 0 Å². The Morgan fingerprint density at radius 2 is 1.56 bits per heavy atom. The lowest BCUT2D eigenvalue weighted by Crippen LogP contribution is -2.32. The van der Waals surface area contributed by atoms with Gasteiger partial charge in [0.25, 0.3) is 11.8 Å². The molecule has 0 radical (unpaired) electrons. The number of esters is 1. The summed E-state index contributed by atoms with van der Waals surface area (Å²) in [7, 11) is 0. The van der Waals surface area contributed by atoms with E-state index in [2.05, 4.69) is 10.3 Å². The Balaban J connectivity index is 1.28. The summed E-state index contributed by atoms with van der Waals surface area (Å²) in [5, 5.41) is 2.80. The summed E-state index contributed by atoms with van der Waals surface area (Å²) in [5.41, 5.74) is 10.1. The van der Waals surface area contributed by atoms with Crippen molar-refractivity contribution in [2.45, 2.75) is 13.3 Å². The van der Waals surface area contributed by atoms with E-state index in [1.807, 2.05) is 18.2 Å². The number of anilines is 2. The highest BCUT2D eigenvalue weighted by atomic mass is 16.5. The summed E-state index contributed by atoms with van der Waals surface area (Å²) >= 11 is 0. The zero-order chi connectivity index (χ0) is 28.7. The monoisotopic (exact) mass is 548 g/mol. The Labute approximate surface area is 233 Å². The minimum absolute atomic E-state index is 0.0569. The predicted molar refractivity (Wildman–Crippen MR) is 152 cm³/mol. The SMILES string of the molecule is CCOC(=O)c1c(N)n(-c2cccc(NC(=O)CCN3C(=O)c4ccccc4C3=O)c2)c2nc3ccccc3nc12. The predicted octanol–water partition coefficient (Wildman–Crippen LogP) is 3.96. The molecule has 3 aromatic carbocycles. The third-order valence-corrected chi connectivity index (χ3v) is 6.81. The molecule has 3 amide bonds. The number of hydrogen-bond acceptors (Lipinski definition) is 8. The molecule has 41 heavy (non-hydrogen) atoms. The van der Waals surface area contributed by atoms with Gasteiger partial charge in [-0.2, -0.15) is 0 Å². The van der Waals surface area contributed by atoms with E-state index in [1.165, 1.54) is 0 Å². The first-order valence-electron chi connectivity index (χ1n) is 13.0. The number of fused-ring (bicyclic) bond motifs is 3. The van der Waals surface area contributed by atoms with Gasteiger partial charge in [0.05, 0.1) is 34.5 Å². The van der Waals surface area contributed by atoms with Crippen LogP contribution in [-0.2, 0) is 9.53 Å². The zero-order valence-electron chi connectivity index (χ0n) is 22.0. The summed E-state index contributed by atoms with van der Waals surface area (Å²) in [6, 6.07) is 20.7. The Kier molecular flexibility index (Phi) is 6.38. The highest BCUT2D eigenvalue weighted by Gasteiger charge is 2.35. The summed E-state index contributed by atoms with van der Waals surface area (Å²) < 4.78 is 6.84. The summed E-state index contributed by atoms with van der Waals surface area (Å²) in [6.07, 6.45) is -0.0885. The first-order chi connectivity index (χ1) is 19.9. The van der Waals surface area contributed by atoms with Crippen molar-refractivity contribution in [3.8, 4) is 5.69 Å². The fourth-order valence-corrected chi connectivity index (χ4v) is 4.93. The third-order valence-electron chi connectivity index (χ3n) is 6.81. The number of nitrogens with two attached hydrogens (primary N) is 1. The first-order valence-corrected chi connectivity index (χ1v) is 13.0. The fourth-order valence-electron chi connectivity index (χ4n) is 4.93. The molecule has 1 aliphatic rings. The van der Waals surface area contributed by atoms with Crippen LogP contribution in [0.15, 0.2) is 72.8 Å². The maximum absolute atomic E-state index is 12.9. The number of imide groups is 1. The topological polar surface area (TPSA) is 150 Å². The van der Waals surface area contributed by atoms with E-state index < -0.39 is 17.8 Å². The van der Waals surface area contributed by atoms with Gasteiger partial charge in [-0.15, -0.1) is 0 Å². The molecule has 3 N–H and O–H groups in total. The van der Waals surface area contributed by atoms with Gasteiger partial charge in [-0.3, -0.25) is 23.9 Å². The number of amides is 3. The van der Waals surface area contributed by atoms with Crippen LogP contribution in [0.5, 0.6) is 0 Å². The van der Waals surface area contributed by atoms with Crippen LogP contribution in [0.1, 0.15) is 44.4 Å². The highest BCUT2D eigenvalue weighted by molar-refractivity contribution is 6.21. The number of rotatable bonds is 7. The van der Waals surface area contributed by atoms with Gasteiger partial charge in [0.2, 0.25) is 5.91 Å². The van der Waals surface area contributed by atoms with Crippen LogP contribution in [0.3, 0.4) is 0 Å². The fraction of sp³-hybridized carbons (Fsp3) is 0.133. The van der Waals surface area contributed by atoms with Crippen LogP contribution in [0.4, 0.5) is 11.5 Å². The van der Waals surface area contributed by atoms with Crippen molar-refractivity contribution in [1.29, 1.82) is 0 Å². The van der Waals surface area contributed by atoms with Crippen LogP contribution < -0.4 is 11.1 Å². The molecule has 0 saturated carbocycles. The lowest BCUT2D eigenvalue weighted by molar-refractivity contribution is -0.116. The van der Waals surface area contributed by atoms with Crippen LogP contribution in [0.2, 0.25) is 0 Å². The largest absolute Gasteiger partial charge is 0.462 e. The van der Waals surface area contributed by atoms with Crippen molar-refractivity contribution >= 4 is 57.4 Å². The molecule has 204 valence electrons. The van der Waals surface area contributed by atoms with Gasteiger partial charge in [0.15, 0.2) is 5.65 Å². The van der Waals surface area contributed by atoms with E-state index in [9.17, 15) is 19.2 Å². The van der Waals surface area contributed by atoms with E-state index >= 15 is 0 Å². The molecular formula is C30H24N6O5. The number of nitrogen functional groups attached to an aromatic ring is 1. The van der Waals surface area contributed by atoms with Gasteiger partial charge in [0.1, 0.15) is 16.9 Å². The smallest absolute Gasteiger partial charge is 0.344 e. The van der Waals surface area contributed by atoms with Crippen molar-refractivity contribution in [3.63, 3.8) is 0 Å². The van der Waals surface area contributed by atoms with Crippen molar-refractivity contribution < 1.29 is 23.9 Å². The number of nitrogens with one attached hydrogen (secondary N) is 1. The second kappa shape index (κ2) is 10.2. The molecule has 0 saturated heterocycles. The molecule has 0 atom stereocenters. The first kappa shape index (κ1) is 25.7. The molecule has 2 aromatic heterocycles. The van der Waals surface area contributed by atoms with E-state index in [0.29, 0.717) is 44.7 Å². The third kappa shape index (κ3) is 4.42. The number of hydrogen-bond donors (Lipinski definition) is 2. The Bertz CT molecular complexity index is 1860. The van der Waals surface area contributed by atoms with Gasteiger partial charge in [-0.1, -0.05) is 30.3 Å². The van der Waals surface area contributed by atoms with Gasteiger partial charge >= 0.3 is 5.97 Å². The van der Waals surface area contributed by atoms with Gasteiger partial charge < -0.3 is 15.8 Å². The molecule has 6 rings (SSSR count). The quantitative estimate of drug-likeness (QED) is 0.229. The molecule has 0 bridgehead atoms. The second-order valence-electron chi connectivity index (χ2n) is 9.36. The molecule has 0 spiro atoms. The molecule has 0 unspecified atom stereocenters. The number of aromatic nitrogens is 3.